The highest BCUT2D eigenvalue weighted by atomic mass is 16.5. The maximum absolute atomic E-state index is 12.1. The fourth-order valence-corrected chi connectivity index (χ4v) is 1.72. The van der Waals surface area contributed by atoms with Gasteiger partial charge in [0, 0.05) is 13.2 Å². The Morgan fingerprint density at radius 3 is 2.60 bits per heavy atom. The molecule has 0 bridgehead atoms. The van der Waals surface area contributed by atoms with Crippen molar-refractivity contribution in [3.63, 3.8) is 0 Å². The largest absolute Gasteiger partial charge is 0.384 e. The van der Waals surface area contributed by atoms with Crippen LogP contribution >= 0.6 is 0 Å². The standard InChI is InChI=1S/C15H25N3O2/c1-5-16-12-7-8-13(17-9-12)15(19)18-14(11(3)4)10-20-6-2/h7-9,11,14,16H,5-6,10H2,1-4H3,(H,18,19). The van der Waals surface area contributed by atoms with E-state index in [1.807, 2.05) is 19.9 Å². The van der Waals surface area contributed by atoms with Crippen LogP contribution in [0.1, 0.15) is 38.2 Å². The molecule has 0 aromatic carbocycles. The summed E-state index contributed by atoms with van der Waals surface area (Å²) in [4.78, 5) is 16.3. The quantitative estimate of drug-likeness (QED) is 0.766. The van der Waals surface area contributed by atoms with Crippen LogP contribution in [-0.2, 0) is 4.74 Å². The van der Waals surface area contributed by atoms with E-state index < -0.39 is 0 Å². The minimum Gasteiger partial charge on any atom is -0.384 e. The van der Waals surface area contributed by atoms with Gasteiger partial charge in [-0.2, -0.15) is 0 Å². The SMILES string of the molecule is CCNc1ccc(C(=O)NC(COCC)C(C)C)nc1. The Kier molecular flexibility index (Phi) is 7.01. The van der Waals surface area contributed by atoms with Crippen LogP contribution in [0.5, 0.6) is 0 Å². The van der Waals surface area contributed by atoms with E-state index in [9.17, 15) is 4.79 Å². The second kappa shape index (κ2) is 8.53. The molecule has 1 rings (SSSR count). The molecule has 5 nitrogen and oxygen atoms in total. The number of rotatable bonds is 8. The Hall–Kier alpha value is -1.62. The van der Waals surface area contributed by atoms with E-state index in [0.29, 0.717) is 24.8 Å². The molecule has 5 heteroatoms. The summed E-state index contributed by atoms with van der Waals surface area (Å²) in [7, 11) is 0. The van der Waals surface area contributed by atoms with Crippen molar-refractivity contribution >= 4 is 11.6 Å². The lowest BCUT2D eigenvalue weighted by molar-refractivity contribution is 0.0802. The smallest absolute Gasteiger partial charge is 0.270 e. The normalized spacial score (nSPS) is 12.2. The minimum atomic E-state index is -0.161. The summed E-state index contributed by atoms with van der Waals surface area (Å²) < 4.78 is 5.40. The van der Waals surface area contributed by atoms with Crippen LogP contribution in [0.3, 0.4) is 0 Å². The first kappa shape index (κ1) is 16.4. The fraction of sp³-hybridized carbons (Fsp3) is 0.600. The summed E-state index contributed by atoms with van der Waals surface area (Å²) in [6.07, 6.45) is 1.67. The molecule has 1 atom stereocenters. The van der Waals surface area contributed by atoms with Gasteiger partial charge >= 0.3 is 0 Å². The third kappa shape index (κ3) is 5.17. The number of nitrogens with zero attached hydrogens (tertiary/aromatic N) is 1. The Morgan fingerprint density at radius 1 is 1.35 bits per heavy atom. The number of hydrogen-bond acceptors (Lipinski definition) is 4. The molecule has 1 aromatic heterocycles. The molecule has 0 aliphatic rings. The fourth-order valence-electron chi connectivity index (χ4n) is 1.72. The van der Waals surface area contributed by atoms with Crippen LogP contribution in [0.2, 0.25) is 0 Å². The zero-order valence-electron chi connectivity index (χ0n) is 12.8. The van der Waals surface area contributed by atoms with Crippen molar-refractivity contribution in [1.29, 1.82) is 0 Å². The molecule has 0 aliphatic carbocycles. The van der Waals surface area contributed by atoms with E-state index in [2.05, 4.69) is 29.5 Å². The number of carbonyl (C=O) groups is 1. The second-order valence-corrected chi connectivity index (χ2v) is 4.95. The molecule has 2 N–H and O–H groups in total. The zero-order chi connectivity index (χ0) is 15.0. The van der Waals surface area contributed by atoms with Gasteiger partial charge in [0.25, 0.3) is 5.91 Å². The van der Waals surface area contributed by atoms with Gasteiger partial charge in [-0.1, -0.05) is 13.8 Å². The summed E-state index contributed by atoms with van der Waals surface area (Å²) in [5.41, 5.74) is 1.34. The van der Waals surface area contributed by atoms with E-state index >= 15 is 0 Å². The van der Waals surface area contributed by atoms with Crippen LogP contribution in [0.25, 0.3) is 0 Å². The summed E-state index contributed by atoms with van der Waals surface area (Å²) in [6.45, 7) is 10.1. The predicted octanol–water partition coefficient (Wildman–Crippen LogP) is 2.30. The lowest BCUT2D eigenvalue weighted by Gasteiger charge is -2.21. The molecule has 0 radical (unpaired) electrons. The minimum absolute atomic E-state index is 0.00214. The van der Waals surface area contributed by atoms with Crippen molar-refractivity contribution < 1.29 is 9.53 Å². The molecular weight excluding hydrogens is 254 g/mol. The number of nitrogens with one attached hydrogen (secondary N) is 2. The summed E-state index contributed by atoms with van der Waals surface area (Å²) in [5, 5.41) is 6.12. The molecule has 112 valence electrons. The van der Waals surface area contributed by atoms with Crippen LogP contribution in [0.15, 0.2) is 18.3 Å². The predicted molar refractivity (Wildman–Crippen MR) is 81.0 cm³/mol. The average molecular weight is 279 g/mol. The maximum atomic E-state index is 12.1. The summed E-state index contributed by atoms with van der Waals surface area (Å²) >= 11 is 0. The molecule has 0 fully saturated rings. The lowest BCUT2D eigenvalue weighted by Crippen LogP contribution is -2.42. The van der Waals surface area contributed by atoms with Crippen LogP contribution in [0, 0.1) is 5.92 Å². The molecule has 20 heavy (non-hydrogen) atoms. The number of carbonyl (C=O) groups excluding carboxylic acids is 1. The Labute approximate surface area is 121 Å². The summed E-state index contributed by atoms with van der Waals surface area (Å²) in [6, 6.07) is 3.58. The van der Waals surface area contributed by atoms with Crippen molar-refractivity contribution in [1.82, 2.24) is 10.3 Å². The van der Waals surface area contributed by atoms with Crippen molar-refractivity contribution in [2.24, 2.45) is 5.92 Å². The first-order chi connectivity index (χ1) is 9.58. The van der Waals surface area contributed by atoms with Crippen molar-refractivity contribution in [2.45, 2.75) is 33.7 Å². The van der Waals surface area contributed by atoms with E-state index in [1.165, 1.54) is 0 Å². The Morgan fingerprint density at radius 2 is 2.10 bits per heavy atom. The van der Waals surface area contributed by atoms with Gasteiger partial charge in [-0.3, -0.25) is 4.79 Å². The van der Waals surface area contributed by atoms with Gasteiger partial charge in [0.05, 0.1) is 24.5 Å². The van der Waals surface area contributed by atoms with Crippen molar-refractivity contribution in [2.75, 3.05) is 25.1 Å². The first-order valence-electron chi connectivity index (χ1n) is 7.17. The van der Waals surface area contributed by atoms with Gasteiger partial charge in [-0.15, -0.1) is 0 Å². The van der Waals surface area contributed by atoms with Crippen LogP contribution in [0.4, 0.5) is 5.69 Å². The van der Waals surface area contributed by atoms with Gasteiger partial charge in [-0.25, -0.2) is 4.98 Å². The van der Waals surface area contributed by atoms with E-state index in [1.54, 1.807) is 12.3 Å². The van der Waals surface area contributed by atoms with Gasteiger partial charge < -0.3 is 15.4 Å². The van der Waals surface area contributed by atoms with Gasteiger partial charge in [-0.05, 0) is 31.9 Å². The molecule has 0 saturated heterocycles. The van der Waals surface area contributed by atoms with E-state index in [4.69, 9.17) is 4.74 Å². The number of pyridine rings is 1. The molecule has 0 aliphatic heterocycles. The second-order valence-electron chi connectivity index (χ2n) is 4.95. The molecule has 0 spiro atoms. The molecular formula is C15H25N3O2. The topological polar surface area (TPSA) is 63.2 Å². The van der Waals surface area contributed by atoms with Crippen LogP contribution in [-0.4, -0.2) is 36.7 Å². The first-order valence-corrected chi connectivity index (χ1v) is 7.17. The highest BCUT2D eigenvalue weighted by molar-refractivity contribution is 5.92. The number of anilines is 1. The molecule has 1 aromatic rings. The number of aromatic nitrogens is 1. The maximum Gasteiger partial charge on any atom is 0.270 e. The van der Waals surface area contributed by atoms with E-state index in [-0.39, 0.29) is 11.9 Å². The lowest BCUT2D eigenvalue weighted by atomic mass is 10.1. The number of amides is 1. The highest BCUT2D eigenvalue weighted by Crippen LogP contribution is 2.07. The van der Waals surface area contributed by atoms with Gasteiger partial charge in [0.1, 0.15) is 5.69 Å². The Bertz CT molecular complexity index is 404. The summed E-state index contributed by atoms with van der Waals surface area (Å²) in [5.74, 6) is 0.151. The average Bonchev–Trinajstić information content (AvgIpc) is 2.44. The van der Waals surface area contributed by atoms with Crippen LogP contribution < -0.4 is 10.6 Å². The number of ether oxygens (including phenoxy) is 1. The molecule has 1 unspecified atom stereocenters. The monoisotopic (exact) mass is 279 g/mol. The third-order valence-corrected chi connectivity index (χ3v) is 3.00. The molecule has 0 saturated carbocycles. The van der Waals surface area contributed by atoms with Crippen molar-refractivity contribution in [3.8, 4) is 0 Å². The molecule has 1 amide bonds. The van der Waals surface area contributed by atoms with Gasteiger partial charge in [0.15, 0.2) is 0 Å². The Balaban J connectivity index is 2.63. The molecule has 1 heterocycles. The number of hydrogen-bond donors (Lipinski definition) is 2. The highest BCUT2D eigenvalue weighted by Gasteiger charge is 2.17. The van der Waals surface area contributed by atoms with E-state index in [0.717, 1.165) is 12.2 Å². The third-order valence-electron chi connectivity index (χ3n) is 3.00. The van der Waals surface area contributed by atoms with Crippen molar-refractivity contribution in [3.05, 3.63) is 24.0 Å². The van der Waals surface area contributed by atoms with Gasteiger partial charge in [0.2, 0.25) is 0 Å². The zero-order valence-corrected chi connectivity index (χ0v) is 12.8.